The summed E-state index contributed by atoms with van der Waals surface area (Å²) in [7, 11) is 0. The van der Waals surface area contributed by atoms with Crippen molar-refractivity contribution in [1.29, 1.82) is 0 Å². The zero-order valence-electron chi connectivity index (χ0n) is 14.8. The van der Waals surface area contributed by atoms with Gasteiger partial charge in [-0.25, -0.2) is 4.79 Å². The summed E-state index contributed by atoms with van der Waals surface area (Å²) in [6.07, 6.45) is 5.28. The number of hydrogen-bond acceptors (Lipinski definition) is 5. The molecule has 0 N–H and O–H groups in total. The minimum atomic E-state index is -0.713. The zero-order chi connectivity index (χ0) is 18.9. The second-order valence-corrected chi connectivity index (χ2v) is 7.94. The van der Waals surface area contributed by atoms with Crippen LogP contribution in [-0.2, 0) is 14.4 Å². The Bertz CT molecular complexity index is 883. The molecule has 6 heteroatoms. The molecule has 1 aromatic carbocycles. The van der Waals surface area contributed by atoms with E-state index in [1.54, 1.807) is 18.2 Å². The molecule has 138 valence electrons. The van der Waals surface area contributed by atoms with Crippen molar-refractivity contribution < 1.29 is 23.9 Å². The molecule has 2 saturated carbocycles. The summed E-state index contributed by atoms with van der Waals surface area (Å²) in [5, 5.41) is 0. The second-order valence-electron chi connectivity index (χ2n) is 7.94. The molecule has 0 aromatic heterocycles. The van der Waals surface area contributed by atoms with Gasteiger partial charge in [-0.05, 0) is 49.1 Å². The van der Waals surface area contributed by atoms with E-state index < -0.39 is 12.5 Å². The number of imide groups is 1. The number of nitrogens with zero attached hydrogens (tertiary/aromatic N) is 1. The van der Waals surface area contributed by atoms with Crippen LogP contribution in [0.3, 0.4) is 0 Å². The first kappa shape index (κ1) is 16.4. The second kappa shape index (κ2) is 5.62. The molecular weight excluding hydrogens is 346 g/mol. The monoisotopic (exact) mass is 365 g/mol. The molecule has 6 atom stereocenters. The van der Waals surface area contributed by atoms with Gasteiger partial charge in [-0.3, -0.25) is 19.3 Å². The number of likely N-dealkylation sites (tertiary alicyclic amines) is 1. The Kier molecular flexibility index (Phi) is 3.41. The number of Topliss-reactive ketones (excluding diaryl/α,β-unsaturated/α-hetero) is 1. The summed E-state index contributed by atoms with van der Waals surface area (Å²) in [5.74, 6) is -0.662. The SMILES string of the molecule is CC(=O)c1ccccc1OC(=O)CN1C(=O)[C@@H]2[C@H]3C=C[C@H]([C@H]4C[C@H]34)[C@@H]2C1=O. The molecular formula is C21H19NO5. The van der Waals surface area contributed by atoms with Gasteiger partial charge in [0.25, 0.3) is 0 Å². The quantitative estimate of drug-likeness (QED) is 0.267. The molecule has 0 radical (unpaired) electrons. The Hall–Kier alpha value is -2.76. The fourth-order valence-electron chi connectivity index (χ4n) is 5.31. The van der Waals surface area contributed by atoms with Gasteiger partial charge in [0.1, 0.15) is 12.3 Å². The highest BCUT2D eigenvalue weighted by Gasteiger charge is 2.67. The lowest BCUT2D eigenvalue weighted by molar-refractivity contribution is -0.148. The Morgan fingerprint density at radius 2 is 1.63 bits per heavy atom. The highest BCUT2D eigenvalue weighted by molar-refractivity contribution is 6.08. The van der Waals surface area contributed by atoms with Crippen molar-refractivity contribution >= 4 is 23.6 Å². The molecule has 5 aliphatic rings. The maximum atomic E-state index is 12.9. The summed E-state index contributed by atoms with van der Waals surface area (Å²) < 4.78 is 5.30. The lowest BCUT2D eigenvalue weighted by Crippen LogP contribution is -2.40. The standard InChI is InChI=1S/C21H19NO5/c1-10(23)11-4-2-3-5-16(11)27-17(24)9-22-20(25)18-12-6-7-13(15-8-14(12)15)19(18)21(22)26/h2-7,12-15,18-19H,8-9H2,1H3/t12-,13+,14-,15-,18+,19-/m1/s1. The van der Waals surface area contributed by atoms with Crippen molar-refractivity contribution in [3.05, 3.63) is 42.0 Å². The van der Waals surface area contributed by atoms with Gasteiger partial charge in [0, 0.05) is 0 Å². The topological polar surface area (TPSA) is 80.8 Å². The van der Waals surface area contributed by atoms with Crippen LogP contribution in [0.1, 0.15) is 23.7 Å². The third-order valence-corrected chi connectivity index (χ3v) is 6.53. The van der Waals surface area contributed by atoms with Crippen molar-refractivity contribution in [2.75, 3.05) is 6.54 Å². The maximum absolute atomic E-state index is 12.9. The van der Waals surface area contributed by atoms with E-state index in [0.717, 1.165) is 11.3 Å². The summed E-state index contributed by atoms with van der Waals surface area (Å²) >= 11 is 0. The Morgan fingerprint density at radius 3 is 2.22 bits per heavy atom. The van der Waals surface area contributed by atoms with Crippen LogP contribution in [0.4, 0.5) is 0 Å². The Balaban J connectivity index is 1.34. The number of amides is 2. The lowest BCUT2D eigenvalue weighted by atomic mass is 9.63. The van der Waals surface area contributed by atoms with E-state index >= 15 is 0 Å². The molecule has 0 spiro atoms. The number of ether oxygens (including phenoxy) is 1. The van der Waals surface area contributed by atoms with Crippen molar-refractivity contribution in [3.63, 3.8) is 0 Å². The Morgan fingerprint density at radius 1 is 1.04 bits per heavy atom. The van der Waals surface area contributed by atoms with Gasteiger partial charge in [0.2, 0.25) is 11.8 Å². The molecule has 3 fully saturated rings. The molecule has 27 heavy (non-hydrogen) atoms. The predicted octanol–water partition coefficient (Wildman–Crippen LogP) is 1.85. The van der Waals surface area contributed by atoms with Crippen molar-refractivity contribution in [2.45, 2.75) is 13.3 Å². The van der Waals surface area contributed by atoms with Crippen LogP contribution >= 0.6 is 0 Å². The van der Waals surface area contributed by atoms with Gasteiger partial charge in [0.05, 0.1) is 17.4 Å². The molecule has 2 amide bonds. The normalized spacial score (nSPS) is 35.1. The first-order valence-electron chi connectivity index (χ1n) is 9.31. The van der Waals surface area contributed by atoms with Crippen LogP contribution in [0.15, 0.2) is 36.4 Å². The van der Waals surface area contributed by atoms with Gasteiger partial charge >= 0.3 is 5.97 Å². The average Bonchev–Trinajstić information content (AvgIpc) is 3.43. The number of benzene rings is 1. The Labute approximate surface area is 156 Å². The summed E-state index contributed by atoms with van der Waals surface area (Å²) in [5.41, 5.74) is 0.293. The summed E-state index contributed by atoms with van der Waals surface area (Å²) in [4.78, 5) is 50.9. The molecule has 4 aliphatic carbocycles. The average molecular weight is 365 g/mol. The smallest absolute Gasteiger partial charge is 0.331 e. The van der Waals surface area contributed by atoms with E-state index in [0.29, 0.717) is 17.4 Å². The predicted molar refractivity (Wildman–Crippen MR) is 93.5 cm³/mol. The minimum Gasteiger partial charge on any atom is -0.424 e. The van der Waals surface area contributed by atoms with Crippen LogP contribution in [0.25, 0.3) is 0 Å². The molecule has 6 rings (SSSR count). The number of esters is 1. The van der Waals surface area contributed by atoms with E-state index in [1.807, 2.05) is 0 Å². The number of allylic oxidation sites excluding steroid dienone is 2. The van der Waals surface area contributed by atoms with Crippen LogP contribution in [-0.4, -0.2) is 35.0 Å². The molecule has 1 heterocycles. The van der Waals surface area contributed by atoms with Crippen LogP contribution in [0.5, 0.6) is 5.75 Å². The lowest BCUT2D eigenvalue weighted by Gasteiger charge is -2.37. The number of carbonyl (C=O) groups is 4. The number of carbonyl (C=O) groups excluding carboxylic acids is 4. The first-order chi connectivity index (χ1) is 13.0. The highest BCUT2D eigenvalue weighted by Crippen LogP contribution is 2.65. The minimum absolute atomic E-state index is 0.126. The summed E-state index contributed by atoms with van der Waals surface area (Å²) in [6, 6.07) is 6.44. The maximum Gasteiger partial charge on any atom is 0.331 e. The van der Waals surface area contributed by atoms with Gasteiger partial charge in [-0.2, -0.15) is 0 Å². The zero-order valence-corrected chi connectivity index (χ0v) is 14.8. The van der Waals surface area contributed by atoms with Crippen LogP contribution < -0.4 is 4.74 Å². The number of hydrogen-bond donors (Lipinski definition) is 0. The van der Waals surface area contributed by atoms with Gasteiger partial charge in [-0.1, -0.05) is 24.3 Å². The fourth-order valence-corrected chi connectivity index (χ4v) is 5.31. The molecule has 1 saturated heterocycles. The molecule has 2 bridgehead atoms. The van der Waals surface area contributed by atoms with Gasteiger partial charge in [0.15, 0.2) is 5.78 Å². The van der Waals surface area contributed by atoms with E-state index in [1.165, 1.54) is 13.0 Å². The largest absolute Gasteiger partial charge is 0.424 e. The molecule has 1 aromatic rings. The van der Waals surface area contributed by atoms with Crippen LogP contribution in [0.2, 0.25) is 0 Å². The fraction of sp³-hybridized carbons (Fsp3) is 0.429. The molecule has 6 nitrogen and oxygen atoms in total. The van der Waals surface area contributed by atoms with E-state index in [4.69, 9.17) is 4.74 Å². The third-order valence-electron chi connectivity index (χ3n) is 6.53. The van der Waals surface area contributed by atoms with Crippen molar-refractivity contribution in [3.8, 4) is 5.75 Å². The van der Waals surface area contributed by atoms with E-state index in [9.17, 15) is 19.2 Å². The van der Waals surface area contributed by atoms with E-state index in [2.05, 4.69) is 12.2 Å². The number of ketones is 1. The highest BCUT2D eigenvalue weighted by atomic mass is 16.5. The third kappa shape index (κ3) is 2.32. The van der Waals surface area contributed by atoms with Crippen LogP contribution in [0, 0.1) is 35.5 Å². The van der Waals surface area contributed by atoms with Gasteiger partial charge < -0.3 is 4.74 Å². The number of rotatable bonds is 4. The summed E-state index contributed by atoms with van der Waals surface area (Å²) in [6.45, 7) is 0.977. The van der Waals surface area contributed by atoms with Gasteiger partial charge in [-0.15, -0.1) is 0 Å². The first-order valence-corrected chi connectivity index (χ1v) is 9.31. The molecule has 0 unspecified atom stereocenters. The number of para-hydroxylation sites is 1. The molecule has 1 aliphatic heterocycles. The van der Waals surface area contributed by atoms with Crippen molar-refractivity contribution in [1.82, 2.24) is 4.90 Å². The van der Waals surface area contributed by atoms with E-state index in [-0.39, 0.29) is 47.0 Å². The van der Waals surface area contributed by atoms with Crippen molar-refractivity contribution in [2.24, 2.45) is 35.5 Å².